The monoisotopic (exact) mass is 296 g/mol. The summed E-state index contributed by atoms with van der Waals surface area (Å²) in [6.45, 7) is 0. The molecule has 0 bridgehead atoms. The number of aromatic carboxylic acids is 1. The molecule has 0 saturated heterocycles. The SMILES string of the molecule is COc1ccc2cc(-c3ccc(C(=O)O)cc3)c(=O)oc2c1. The second-order valence-corrected chi connectivity index (χ2v) is 4.73. The Morgan fingerprint density at radius 3 is 2.45 bits per heavy atom. The maximum atomic E-state index is 12.1. The van der Waals surface area contributed by atoms with E-state index >= 15 is 0 Å². The third-order valence-corrected chi connectivity index (χ3v) is 3.39. The van der Waals surface area contributed by atoms with Crippen LogP contribution in [-0.2, 0) is 0 Å². The highest BCUT2D eigenvalue weighted by molar-refractivity contribution is 5.89. The summed E-state index contributed by atoms with van der Waals surface area (Å²) in [6.07, 6.45) is 0. The fraction of sp³-hybridized carbons (Fsp3) is 0.0588. The minimum absolute atomic E-state index is 0.165. The standard InChI is InChI=1S/C17H12O5/c1-21-13-7-6-12-8-14(17(20)22-15(12)9-13)10-2-4-11(5-3-10)16(18)19/h2-9H,1H3,(H,18,19). The topological polar surface area (TPSA) is 76.7 Å². The number of carbonyl (C=O) groups is 1. The summed E-state index contributed by atoms with van der Waals surface area (Å²) in [5.74, 6) is -0.404. The summed E-state index contributed by atoms with van der Waals surface area (Å²) in [5.41, 5.74) is 1.11. The third-order valence-electron chi connectivity index (χ3n) is 3.39. The molecule has 0 aliphatic heterocycles. The summed E-state index contributed by atoms with van der Waals surface area (Å²) in [5, 5.41) is 9.66. The number of ether oxygens (including phenoxy) is 1. The van der Waals surface area contributed by atoms with Crippen molar-refractivity contribution < 1.29 is 19.1 Å². The molecule has 0 amide bonds. The first-order chi connectivity index (χ1) is 10.6. The Kier molecular flexibility index (Phi) is 3.39. The number of fused-ring (bicyclic) bond motifs is 1. The summed E-state index contributed by atoms with van der Waals surface area (Å²) in [7, 11) is 1.54. The first-order valence-corrected chi connectivity index (χ1v) is 6.54. The van der Waals surface area contributed by atoms with Gasteiger partial charge in [-0.2, -0.15) is 0 Å². The van der Waals surface area contributed by atoms with Gasteiger partial charge in [0.05, 0.1) is 18.2 Å². The Morgan fingerprint density at radius 1 is 1.09 bits per heavy atom. The minimum atomic E-state index is -1.01. The average molecular weight is 296 g/mol. The van der Waals surface area contributed by atoms with E-state index in [2.05, 4.69) is 0 Å². The molecule has 22 heavy (non-hydrogen) atoms. The van der Waals surface area contributed by atoms with Crippen LogP contribution in [-0.4, -0.2) is 18.2 Å². The van der Waals surface area contributed by atoms with Crippen LogP contribution in [0.5, 0.6) is 5.75 Å². The lowest BCUT2D eigenvalue weighted by Crippen LogP contribution is -2.03. The highest BCUT2D eigenvalue weighted by atomic mass is 16.5. The number of methoxy groups -OCH3 is 1. The number of carboxylic acids is 1. The van der Waals surface area contributed by atoms with E-state index in [0.29, 0.717) is 22.5 Å². The predicted molar refractivity (Wildman–Crippen MR) is 81.4 cm³/mol. The zero-order valence-corrected chi connectivity index (χ0v) is 11.7. The summed E-state index contributed by atoms with van der Waals surface area (Å²) >= 11 is 0. The van der Waals surface area contributed by atoms with Gasteiger partial charge in [-0.1, -0.05) is 12.1 Å². The van der Waals surface area contributed by atoms with Crippen LogP contribution in [0.1, 0.15) is 10.4 Å². The summed E-state index contributed by atoms with van der Waals surface area (Å²) < 4.78 is 10.4. The van der Waals surface area contributed by atoms with Gasteiger partial charge in [0.25, 0.3) is 0 Å². The van der Waals surface area contributed by atoms with Crippen molar-refractivity contribution in [1.82, 2.24) is 0 Å². The van der Waals surface area contributed by atoms with Gasteiger partial charge < -0.3 is 14.3 Å². The average Bonchev–Trinajstić information content (AvgIpc) is 2.53. The lowest BCUT2D eigenvalue weighted by Gasteiger charge is -2.05. The molecule has 1 heterocycles. The van der Waals surface area contributed by atoms with Crippen molar-refractivity contribution in [2.24, 2.45) is 0 Å². The minimum Gasteiger partial charge on any atom is -0.497 e. The highest BCUT2D eigenvalue weighted by Gasteiger charge is 2.10. The van der Waals surface area contributed by atoms with Crippen molar-refractivity contribution in [2.75, 3.05) is 7.11 Å². The molecule has 1 N–H and O–H groups in total. The largest absolute Gasteiger partial charge is 0.497 e. The van der Waals surface area contributed by atoms with Gasteiger partial charge in [0.15, 0.2) is 0 Å². The van der Waals surface area contributed by atoms with Crippen molar-refractivity contribution in [3.8, 4) is 16.9 Å². The van der Waals surface area contributed by atoms with Crippen molar-refractivity contribution in [3.05, 3.63) is 64.5 Å². The zero-order chi connectivity index (χ0) is 15.7. The van der Waals surface area contributed by atoms with E-state index in [1.807, 2.05) is 0 Å². The predicted octanol–water partition coefficient (Wildman–Crippen LogP) is 3.17. The second kappa shape index (κ2) is 5.37. The Bertz CT molecular complexity index is 906. The van der Waals surface area contributed by atoms with E-state index < -0.39 is 11.6 Å². The van der Waals surface area contributed by atoms with Crippen LogP contribution < -0.4 is 10.4 Å². The Morgan fingerprint density at radius 2 is 1.82 bits per heavy atom. The van der Waals surface area contributed by atoms with E-state index in [9.17, 15) is 9.59 Å². The number of carboxylic acid groups (broad SMARTS) is 1. The fourth-order valence-corrected chi connectivity index (χ4v) is 2.21. The van der Waals surface area contributed by atoms with Crippen LogP contribution in [0.3, 0.4) is 0 Å². The molecule has 0 radical (unpaired) electrons. The molecule has 3 aromatic rings. The molecular formula is C17H12O5. The van der Waals surface area contributed by atoms with E-state index in [4.69, 9.17) is 14.3 Å². The van der Waals surface area contributed by atoms with Gasteiger partial charge >= 0.3 is 11.6 Å². The first kappa shape index (κ1) is 13.9. The number of rotatable bonds is 3. The Labute approximate surface area is 125 Å². The maximum Gasteiger partial charge on any atom is 0.344 e. The molecule has 5 heteroatoms. The molecular weight excluding hydrogens is 284 g/mol. The van der Waals surface area contributed by atoms with Gasteiger partial charge in [0.1, 0.15) is 11.3 Å². The van der Waals surface area contributed by atoms with E-state index in [-0.39, 0.29) is 5.56 Å². The molecule has 3 rings (SSSR count). The van der Waals surface area contributed by atoms with Crippen LogP contribution in [0.2, 0.25) is 0 Å². The molecule has 110 valence electrons. The normalized spacial score (nSPS) is 10.6. The van der Waals surface area contributed by atoms with Gasteiger partial charge in [0.2, 0.25) is 0 Å². The van der Waals surface area contributed by atoms with Crippen molar-refractivity contribution in [1.29, 1.82) is 0 Å². The summed E-state index contributed by atoms with van der Waals surface area (Å²) in [6, 6.07) is 13.0. The molecule has 1 aromatic heterocycles. The third kappa shape index (κ3) is 2.44. The Balaban J connectivity index is 2.12. The maximum absolute atomic E-state index is 12.1. The first-order valence-electron chi connectivity index (χ1n) is 6.54. The van der Waals surface area contributed by atoms with Crippen LogP contribution in [0, 0.1) is 0 Å². The van der Waals surface area contributed by atoms with Gasteiger partial charge in [-0.15, -0.1) is 0 Å². The highest BCUT2D eigenvalue weighted by Crippen LogP contribution is 2.24. The van der Waals surface area contributed by atoms with Gasteiger partial charge in [0, 0.05) is 11.5 Å². The van der Waals surface area contributed by atoms with Crippen LogP contribution in [0.4, 0.5) is 0 Å². The van der Waals surface area contributed by atoms with E-state index in [0.717, 1.165) is 5.39 Å². The molecule has 0 fully saturated rings. The van der Waals surface area contributed by atoms with Crippen molar-refractivity contribution in [2.45, 2.75) is 0 Å². The fourth-order valence-electron chi connectivity index (χ4n) is 2.21. The lowest BCUT2D eigenvalue weighted by atomic mass is 10.0. The molecule has 0 aliphatic rings. The van der Waals surface area contributed by atoms with Gasteiger partial charge in [-0.05, 0) is 35.9 Å². The lowest BCUT2D eigenvalue weighted by molar-refractivity contribution is 0.0697. The summed E-state index contributed by atoms with van der Waals surface area (Å²) in [4.78, 5) is 23.0. The van der Waals surface area contributed by atoms with Gasteiger partial charge in [-0.25, -0.2) is 9.59 Å². The Hall–Kier alpha value is -3.08. The number of hydrogen-bond donors (Lipinski definition) is 1. The second-order valence-electron chi connectivity index (χ2n) is 4.73. The van der Waals surface area contributed by atoms with Gasteiger partial charge in [-0.3, -0.25) is 0 Å². The number of hydrogen-bond acceptors (Lipinski definition) is 4. The van der Waals surface area contributed by atoms with E-state index in [1.165, 1.54) is 19.2 Å². The molecule has 5 nitrogen and oxygen atoms in total. The molecule has 0 spiro atoms. The van der Waals surface area contributed by atoms with Crippen LogP contribution >= 0.6 is 0 Å². The van der Waals surface area contributed by atoms with E-state index in [1.54, 1.807) is 36.4 Å². The molecule has 0 atom stereocenters. The molecule has 2 aromatic carbocycles. The quantitative estimate of drug-likeness (QED) is 0.751. The smallest absolute Gasteiger partial charge is 0.344 e. The molecule has 0 saturated carbocycles. The molecule has 0 aliphatic carbocycles. The van der Waals surface area contributed by atoms with Crippen LogP contribution in [0.25, 0.3) is 22.1 Å². The van der Waals surface area contributed by atoms with Crippen LogP contribution in [0.15, 0.2) is 57.7 Å². The van der Waals surface area contributed by atoms with Crippen molar-refractivity contribution in [3.63, 3.8) is 0 Å². The van der Waals surface area contributed by atoms with Crippen molar-refractivity contribution >= 4 is 16.9 Å². The number of benzene rings is 2. The zero-order valence-electron chi connectivity index (χ0n) is 11.7. The molecule has 0 unspecified atom stereocenters.